The number of amides is 2. The highest BCUT2D eigenvalue weighted by Gasteiger charge is 2.15. The minimum atomic E-state index is -0.0777. The maximum absolute atomic E-state index is 12.7. The van der Waals surface area contributed by atoms with Crippen molar-refractivity contribution in [2.45, 2.75) is 67.2 Å². The van der Waals surface area contributed by atoms with E-state index in [2.05, 4.69) is 71.9 Å². The van der Waals surface area contributed by atoms with Crippen molar-refractivity contribution in [2.75, 3.05) is 65.6 Å². The second-order valence-corrected chi connectivity index (χ2v) is 12.0. The van der Waals surface area contributed by atoms with Crippen LogP contribution in [0.25, 0.3) is 21.8 Å². The zero-order valence-corrected chi connectivity index (χ0v) is 32.3. The molecule has 0 aliphatic carbocycles. The van der Waals surface area contributed by atoms with Crippen LogP contribution < -0.4 is 20.1 Å². The average Bonchev–Trinajstić information content (AvgIpc) is 3.14. The van der Waals surface area contributed by atoms with E-state index in [1.807, 2.05) is 48.5 Å². The van der Waals surface area contributed by atoms with Crippen LogP contribution in [0.3, 0.4) is 0 Å². The number of halogens is 1. The minimum absolute atomic E-state index is 0. The molecule has 2 amide bonds. The van der Waals surface area contributed by atoms with Crippen molar-refractivity contribution in [2.24, 2.45) is 0 Å². The number of ether oxygens (including phenoxy) is 2. The number of carbonyl (C=O) groups is 2. The number of likely N-dealkylation sites (N-methyl/N-ethyl adjacent to an activating group) is 2. The van der Waals surface area contributed by atoms with Gasteiger partial charge in [-0.25, -0.2) is 9.97 Å². The van der Waals surface area contributed by atoms with Gasteiger partial charge in [0.1, 0.15) is 0 Å². The van der Waals surface area contributed by atoms with Gasteiger partial charge < -0.3 is 29.9 Å². The summed E-state index contributed by atoms with van der Waals surface area (Å²) in [6.45, 7) is 20.9. The van der Waals surface area contributed by atoms with E-state index < -0.39 is 0 Å². The maximum Gasteiger partial charge on any atom is 0.252 e. The van der Waals surface area contributed by atoms with Gasteiger partial charge in [0.15, 0.2) is 0 Å². The Morgan fingerprint density at radius 1 is 0.608 bits per heavy atom. The Morgan fingerprint density at radius 3 is 1.33 bits per heavy atom. The van der Waals surface area contributed by atoms with Gasteiger partial charge in [-0.2, -0.15) is 0 Å². The van der Waals surface area contributed by atoms with Gasteiger partial charge in [0.05, 0.1) is 35.4 Å². The third-order valence-electron chi connectivity index (χ3n) is 8.59. The third kappa shape index (κ3) is 13.9. The molecule has 2 aromatic carbocycles. The number of benzene rings is 2. The first-order chi connectivity index (χ1) is 24.4. The maximum atomic E-state index is 12.7. The molecular formula is C40H59ClN6O4. The molecule has 0 spiro atoms. The van der Waals surface area contributed by atoms with Crippen molar-refractivity contribution in [3.8, 4) is 11.8 Å². The van der Waals surface area contributed by atoms with E-state index in [4.69, 9.17) is 9.47 Å². The number of hydrogen-bond donors (Lipinski definition) is 2. The zero-order valence-electron chi connectivity index (χ0n) is 31.5. The standard InChI is InChI=1S/2C20H29N3O2.ClH/c2*1-4-7-14-25-19-15-17(16-10-8-9-11-18(16)22-19)20(24)21-12-13-23(5-2)6-3;/h2*8-11,15H,4-7,12-14H2,1-3H3,(H,21,24);1H. The molecule has 0 saturated carbocycles. The normalized spacial score (nSPS) is 10.8. The zero-order chi connectivity index (χ0) is 36.1. The van der Waals surface area contributed by atoms with Crippen LogP contribution >= 0.6 is 12.4 Å². The molecule has 4 aromatic rings. The van der Waals surface area contributed by atoms with Crippen LogP contribution in [0.5, 0.6) is 11.8 Å². The summed E-state index contributed by atoms with van der Waals surface area (Å²) in [5.74, 6) is 0.874. The molecule has 0 fully saturated rings. The second kappa shape index (κ2) is 24.2. The molecule has 0 aliphatic rings. The van der Waals surface area contributed by atoms with Crippen molar-refractivity contribution in [3.63, 3.8) is 0 Å². The third-order valence-corrected chi connectivity index (χ3v) is 8.59. The smallest absolute Gasteiger partial charge is 0.252 e. The molecule has 0 radical (unpaired) electrons. The van der Waals surface area contributed by atoms with E-state index in [1.165, 1.54) is 0 Å². The number of unbranched alkanes of at least 4 members (excludes halogenated alkanes) is 2. The van der Waals surface area contributed by atoms with Gasteiger partial charge in [-0.05, 0) is 51.2 Å². The molecule has 0 aliphatic heterocycles. The molecule has 10 nitrogen and oxygen atoms in total. The van der Waals surface area contributed by atoms with Crippen LogP contribution in [0, 0.1) is 0 Å². The highest BCUT2D eigenvalue weighted by molar-refractivity contribution is 6.07. The highest BCUT2D eigenvalue weighted by atomic mass is 35.5. The SMILES string of the molecule is CCCCOc1cc(C(=O)NCCN(CC)CC)c2ccccc2n1.CCCCOc1cc(C(=O)NCCN(CC)CC)c2ccccc2n1.Cl. The van der Waals surface area contributed by atoms with E-state index in [1.54, 1.807) is 12.1 Å². The summed E-state index contributed by atoms with van der Waals surface area (Å²) >= 11 is 0. The van der Waals surface area contributed by atoms with E-state index in [-0.39, 0.29) is 24.2 Å². The Morgan fingerprint density at radius 2 is 0.980 bits per heavy atom. The number of nitrogens with one attached hydrogen (secondary N) is 2. The summed E-state index contributed by atoms with van der Waals surface area (Å²) < 4.78 is 11.4. The van der Waals surface area contributed by atoms with Gasteiger partial charge in [-0.1, -0.05) is 90.8 Å². The van der Waals surface area contributed by atoms with Crippen molar-refractivity contribution in [1.29, 1.82) is 0 Å². The summed E-state index contributed by atoms with van der Waals surface area (Å²) in [5.41, 5.74) is 2.81. The van der Waals surface area contributed by atoms with Gasteiger partial charge in [-0.15, -0.1) is 12.4 Å². The fourth-order valence-corrected chi connectivity index (χ4v) is 5.39. The fourth-order valence-electron chi connectivity index (χ4n) is 5.39. The molecule has 2 heterocycles. The first kappa shape index (κ1) is 43.2. The first-order valence-electron chi connectivity index (χ1n) is 18.4. The van der Waals surface area contributed by atoms with Crippen molar-refractivity contribution in [3.05, 3.63) is 71.8 Å². The Hall–Kier alpha value is -3.99. The lowest BCUT2D eigenvalue weighted by atomic mass is 10.1. The minimum Gasteiger partial charge on any atom is -0.478 e. The number of fused-ring (bicyclic) bond motifs is 2. The highest BCUT2D eigenvalue weighted by Crippen LogP contribution is 2.23. The quantitative estimate of drug-likeness (QED) is 0.0910. The van der Waals surface area contributed by atoms with Crippen LogP contribution in [0.1, 0.15) is 87.9 Å². The molecule has 51 heavy (non-hydrogen) atoms. The van der Waals surface area contributed by atoms with Crippen LogP contribution in [-0.2, 0) is 0 Å². The lowest BCUT2D eigenvalue weighted by molar-refractivity contribution is 0.0942. The molecule has 280 valence electrons. The predicted octanol–water partition coefficient (Wildman–Crippen LogP) is 7.39. The van der Waals surface area contributed by atoms with Gasteiger partial charge in [0.2, 0.25) is 11.8 Å². The van der Waals surface area contributed by atoms with Crippen LogP contribution in [0.4, 0.5) is 0 Å². The lowest BCUT2D eigenvalue weighted by Gasteiger charge is -2.18. The second-order valence-electron chi connectivity index (χ2n) is 12.0. The summed E-state index contributed by atoms with van der Waals surface area (Å²) in [6, 6.07) is 18.9. The molecular weight excluding hydrogens is 664 g/mol. The molecule has 11 heteroatoms. The van der Waals surface area contributed by atoms with Crippen LogP contribution in [0.15, 0.2) is 60.7 Å². The van der Waals surface area contributed by atoms with Crippen LogP contribution in [-0.4, -0.2) is 97.2 Å². The molecule has 2 N–H and O–H groups in total. The Labute approximate surface area is 311 Å². The number of nitrogens with zero attached hydrogens (tertiary/aromatic N) is 4. The molecule has 0 bridgehead atoms. The molecule has 0 unspecified atom stereocenters. The summed E-state index contributed by atoms with van der Waals surface area (Å²) in [4.78, 5) is 39.0. The summed E-state index contributed by atoms with van der Waals surface area (Å²) in [6.07, 6.45) is 4.07. The van der Waals surface area contributed by atoms with E-state index >= 15 is 0 Å². The van der Waals surface area contributed by atoms with E-state index in [9.17, 15) is 9.59 Å². The van der Waals surface area contributed by atoms with Gasteiger partial charge in [0, 0.05) is 49.1 Å². The van der Waals surface area contributed by atoms with Crippen LogP contribution in [0.2, 0.25) is 0 Å². The number of pyridine rings is 2. The molecule has 4 rings (SSSR count). The van der Waals surface area contributed by atoms with Crippen molar-refractivity contribution >= 4 is 46.0 Å². The van der Waals surface area contributed by atoms with E-state index in [0.29, 0.717) is 49.2 Å². The number of rotatable bonds is 20. The Balaban J connectivity index is 0.000000347. The number of hydrogen-bond acceptors (Lipinski definition) is 8. The predicted molar refractivity (Wildman–Crippen MR) is 212 cm³/mol. The summed E-state index contributed by atoms with van der Waals surface area (Å²) in [7, 11) is 0. The van der Waals surface area contributed by atoms with Gasteiger partial charge in [0.25, 0.3) is 11.8 Å². The molecule has 0 saturated heterocycles. The van der Waals surface area contributed by atoms with Gasteiger partial charge >= 0.3 is 0 Å². The van der Waals surface area contributed by atoms with E-state index in [0.717, 1.165) is 86.8 Å². The monoisotopic (exact) mass is 722 g/mol. The van der Waals surface area contributed by atoms with Gasteiger partial charge in [-0.3, -0.25) is 9.59 Å². The molecule has 0 atom stereocenters. The van der Waals surface area contributed by atoms with Crippen molar-refractivity contribution < 1.29 is 19.1 Å². The first-order valence-corrected chi connectivity index (χ1v) is 18.4. The molecule has 2 aromatic heterocycles. The number of carbonyl (C=O) groups excluding carboxylic acids is 2. The van der Waals surface area contributed by atoms with Crippen molar-refractivity contribution in [1.82, 2.24) is 30.4 Å². The number of para-hydroxylation sites is 2. The average molecular weight is 723 g/mol. The largest absolute Gasteiger partial charge is 0.478 e. The Bertz CT molecular complexity index is 1490. The Kier molecular flexibility index (Phi) is 20.5. The summed E-state index contributed by atoms with van der Waals surface area (Å²) in [5, 5.41) is 7.75. The number of aromatic nitrogens is 2. The fraction of sp³-hybridized carbons (Fsp3) is 0.500. The lowest BCUT2D eigenvalue weighted by Crippen LogP contribution is -2.34. The topological polar surface area (TPSA) is 109 Å².